The molecule has 16 heavy (non-hydrogen) atoms. The van der Waals surface area contributed by atoms with Gasteiger partial charge in [-0.1, -0.05) is 44.4 Å². The summed E-state index contributed by atoms with van der Waals surface area (Å²) in [5, 5.41) is 3.27. The van der Waals surface area contributed by atoms with Gasteiger partial charge in [0.05, 0.1) is 0 Å². The molecule has 0 saturated carbocycles. The fourth-order valence-corrected chi connectivity index (χ4v) is 1.92. The van der Waals surface area contributed by atoms with Crippen LogP contribution in [-0.2, 0) is 6.42 Å². The Kier molecular flexibility index (Phi) is 6.09. The van der Waals surface area contributed by atoms with Crippen LogP contribution in [0.4, 0.5) is 4.39 Å². The van der Waals surface area contributed by atoms with Crippen molar-refractivity contribution >= 4 is 0 Å². The summed E-state index contributed by atoms with van der Waals surface area (Å²) in [5.41, 5.74) is 0.818. The van der Waals surface area contributed by atoms with E-state index in [4.69, 9.17) is 0 Å². The molecule has 90 valence electrons. The molecule has 0 radical (unpaired) electrons. The Morgan fingerprint density at radius 2 is 2.00 bits per heavy atom. The van der Waals surface area contributed by atoms with Crippen LogP contribution in [0.15, 0.2) is 24.3 Å². The molecule has 0 aliphatic heterocycles. The molecule has 0 bridgehead atoms. The Hall–Kier alpha value is -0.890. The van der Waals surface area contributed by atoms with Crippen molar-refractivity contribution in [2.24, 2.45) is 0 Å². The molecule has 1 N–H and O–H groups in total. The number of likely N-dealkylation sites (N-methyl/N-ethyl adjacent to an activating group) is 1. The van der Waals surface area contributed by atoms with Crippen molar-refractivity contribution in [3.8, 4) is 0 Å². The average Bonchev–Trinajstić information content (AvgIpc) is 2.30. The second-order valence-electron chi connectivity index (χ2n) is 4.28. The zero-order valence-electron chi connectivity index (χ0n) is 10.3. The molecule has 1 aromatic carbocycles. The maximum atomic E-state index is 13.4. The number of halogens is 1. The quantitative estimate of drug-likeness (QED) is 0.697. The van der Waals surface area contributed by atoms with Crippen LogP contribution >= 0.6 is 0 Å². The molecule has 0 fully saturated rings. The minimum atomic E-state index is -0.0850. The minimum absolute atomic E-state index is 0.0850. The molecule has 0 aromatic heterocycles. The van der Waals surface area contributed by atoms with Crippen LogP contribution in [0.2, 0.25) is 0 Å². The molecular formula is C14H22FN. The summed E-state index contributed by atoms with van der Waals surface area (Å²) >= 11 is 0. The zero-order chi connectivity index (χ0) is 11.8. The smallest absolute Gasteiger partial charge is 0.126 e. The van der Waals surface area contributed by atoms with Gasteiger partial charge in [-0.15, -0.1) is 0 Å². The van der Waals surface area contributed by atoms with E-state index in [0.717, 1.165) is 18.4 Å². The molecular weight excluding hydrogens is 201 g/mol. The van der Waals surface area contributed by atoms with Crippen molar-refractivity contribution in [1.29, 1.82) is 0 Å². The first-order chi connectivity index (χ1) is 7.77. The second kappa shape index (κ2) is 7.39. The Labute approximate surface area is 98.1 Å². The van der Waals surface area contributed by atoms with Crippen LogP contribution in [0.5, 0.6) is 0 Å². The normalized spacial score (nSPS) is 12.7. The van der Waals surface area contributed by atoms with Crippen LogP contribution in [0, 0.1) is 5.82 Å². The average molecular weight is 223 g/mol. The fourth-order valence-electron chi connectivity index (χ4n) is 1.92. The van der Waals surface area contributed by atoms with E-state index in [1.54, 1.807) is 6.07 Å². The van der Waals surface area contributed by atoms with E-state index in [9.17, 15) is 4.39 Å². The lowest BCUT2D eigenvalue weighted by atomic mass is 10.0. The van der Waals surface area contributed by atoms with Crippen molar-refractivity contribution in [3.05, 3.63) is 35.6 Å². The molecule has 2 heteroatoms. The highest BCUT2D eigenvalue weighted by atomic mass is 19.1. The first-order valence-corrected chi connectivity index (χ1v) is 6.18. The first kappa shape index (κ1) is 13.2. The highest BCUT2D eigenvalue weighted by Crippen LogP contribution is 2.12. The van der Waals surface area contributed by atoms with Crippen LogP contribution < -0.4 is 5.32 Å². The fraction of sp³-hybridized carbons (Fsp3) is 0.571. The highest BCUT2D eigenvalue weighted by Gasteiger charge is 2.09. The molecule has 0 amide bonds. The summed E-state index contributed by atoms with van der Waals surface area (Å²) < 4.78 is 13.4. The molecule has 0 aliphatic rings. The van der Waals surface area contributed by atoms with Gasteiger partial charge in [-0.2, -0.15) is 0 Å². The number of rotatable bonds is 7. The van der Waals surface area contributed by atoms with Crippen LogP contribution in [0.1, 0.15) is 38.2 Å². The molecule has 1 aromatic rings. The number of hydrogen-bond donors (Lipinski definition) is 1. The van der Waals surface area contributed by atoms with Crippen molar-refractivity contribution < 1.29 is 4.39 Å². The van der Waals surface area contributed by atoms with Gasteiger partial charge in [-0.05, 0) is 31.5 Å². The SMILES string of the molecule is CCCCCC(Cc1ccccc1F)NC. The Balaban J connectivity index is 2.46. The number of unbranched alkanes of at least 4 members (excludes halogenated alkanes) is 2. The number of benzene rings is 1. The first-order valence-electron chi connectivity index (χ1n) is 6.18. The van der Waals surface area contributed by atoms with Gasteiger partial charge >= 0.3 is 0 Å². The largest absolute Gasteiger partial charge is 0.317 e. The summed E-state index contributed by atoms with van der Waals surface area (Å²) in [6.45, 7) is 2.20. The van der Waals surface area contributed by atoms with E-state index in [2.05, 4.69) is 12.2 Å². The van der Waals surface area contributed by atoms with Gasteiger partial charge in [0.1, 0.15) is 5.82 Å². The topological polar surface area (TPSA) is 12.0 Å². The second-order valence-corrected chi connectivity index (χ2v) is 4.28. The molecule has 0 heterocycles. The highest BCUT2D eigenvalue weighted by molar-refractivity contribution is 5.18. The monoisotopic (exact) mass is 223 g/mol. The van der Waals surface area contributed by atoms with Gasteiger partial charge in [-0.25, -0.2) is 4.39 Å². The summed E-state index contributed by atoms with van der Waals surface area (Å²) in [4.78, 5) is 0. The number of nitrogens with one attached hydrogen (secondary N) is 1. The van der Waals surface area contributed by atoms with Crippen molar-refractivity contribution in [2.75, 3.05) is 7.05 Å². The van der Waals surface area contributed by atoms with Gasteiger partial charge in [-0.3, -0.25) is 0 Å². The molecule has 0 spiro atoms. The van der Waals surface area contributed by atoms with E-state index < -0.39 is 0 Å². The maximum absolute atomic E-state index is 13.4. The van der Waals surface area contributed by atoms with Crippen LogP contribution in [-0.4, -0.2) is 13.1 Å². The van der Waals surface area contributed by atoms with Gasteiger partial charge < -0.3 is 5.32 Å². The van der Waals surface area contributed by atoms with E-state index >= 15 is 0 Å². The summed E-state index contributed by atoms with van der Waals surface area (Å²) in [6.07, 6.45) is 5.62. The lowest BCUT2D eigenvalue weighted by Gasteiger charge is -2.16. The predicted octanol–water partition coefficient (Wildman–Crippen LogP) is 3.54. The molecule has 0 saturated heterocycles. The molecule has 0 aliphatic carbocycles. The third-order valence-corrected chi connectivity index (χ3v) is 2.99. The lowest BCUT2D eigenvalue weighted by molar-refractivity contribution is 0.480. The maximum Gasteiger partial charge on any atom is 0.126 e. The number of hydrogen-bond acceptors (Lipinski definition) is 1. The van der Waals surface area contributed by atoms with E-state index in [1.807, 2.05) is 19.2 Å². The van der Waals surface area contributed by atoms with E-state index in [1.165, 1.54) is 25.3 Å². The van der Waals surface area contributed by atoms with Crippen molar-refractivity contribution in [2.45, 2.75) is 45.1 Å². The predicted molar refractivity (Wildman–Crippen MR) is 67.1 cm³/mol. The molecule has 1 atom stereocenters. The van der Waals surface area contributed by atoms with Crippen molar-refractivity contribution in [3.63, 3.8) is 0 Å². The molecule has 1 rings (SSSR count). The third-order valence-electron chi connectivity index (χ3n) is 2.99. The van der Waals surface area contributed by atoms with Crippen LogP contribution in [0.3, 0.4) is 0 Å². The molecule has 1 unspecified atom stereocenters. The third kappa shape index (κ3) is 4.31. The summed E-state index contributed by atoms with van der Waals surface area (Å²) in [5.74, 6) is -0.0850. The van der Waals surface area contributed by atoms with Gasteiger partial charge in [0.2, 0.25) is 0 Å². The van der Waals surface area contributed by atoms with E-state index in [-0.39, 0.29) is 5.82 Å². The van der Waals surface area contributed by atoms with Gasteiger partial charge in [0.15, 0.2) is 0 Å². The van der Waals surface area contributed by atoms with Crippen molar-refractivity contribution in [1.82, 2.24) is 5.32 Å². The standard InChI is InChI=1S/C14H22FN/c1-3-4-5-9-13(16-2)11-12-8-6-7-10-14(12)15/h6-8,10,13,16H,3-5,9,11H2,1-2H3. The Morgan fingerprint density at radius 1 is 1.25 bits per heavy atom. The Morgan fingerprint density at radius 3 is 2.62 bits per heavy atom. The Bertz CT molecular complexity index is 299. The zero-order valence-corrected chi connectivity index (χ0v) is 10.3. The minimum Gasteiger partial charge on any atom is -0.317 e. The van der Waals surface area contributed by atoms with Gasteiger partial charge in [0.25, 0.3) is 0 Å². The lowest BCUT2D eigenvalue weighted by Crippen LogP contribution is -2.27. The molecule has 1 nitrogen and oxygen atoms in total. The summed E-state index contributed by atoms with van der Waals surface area (Å²) in [7, 11) is 1.96. The summed E-state index contributed by atoms with van der Waals surface area (Å²) in [6, 6.07) is 7.44. The van der Waals surface area contributed by atoms with Gasteiger partial charge in [0, 0.05) is 6.04 Å². The van der Waals surface area contributed by atoms with E-state index in [0.29, 0.717) is 6.04 Å². The van der Waals surface area contributed by atoms with Crippen LogP contribution in [0.25, 0.3) is 0 Å².